The van der Waals surface area contributed by atoms with Gasteiger partial charge in [-0.1, -0.05) is 6.07 Å². The van der Waals surface area contributed by atoms with Gasteiger partial charge in [-0.15, -0.1) is 0 Å². The van der Waals surface area contributed by atoms with Crippen LogP contribution in [0.15, 0.2) is 22.7 Å². The molecule has 1 heterocycles. The van der Waals surface area contributed by atoms with Gasteiger partial charge in [-0.2, -0.15) is 0 Å². The Balaban J connectivity index is 2.07. The van der Waals surface area contributed by atoms with E-state index in [0.29, 0.717) is 6.04 Å². The van der Waals surface area contributed by atoms with Gasteiger partial charge in [0.05, 0.1) is 11.4 Å². The molecule has 15 heavy (non-hydrogen) atoms. The topological polar surface area (TPSA) is 15.3 Å². The molecule has 0 saturated heterocycles. The molecule has 3 rings (SSSR count). The van der Waals surface area contributed by atoms with Crippen LogP contribution >= 0.6 is 15.9 Å². The Morgan fingerprint density at radius 2 is 2.20 bits per heavy atom. The maximum Gasteiger partial charge on any atom is 0.0723 e. The molecule has 0 bridgehead atoms. The summed E-state index contributed by atoms with van der Waals surface area (Å²) in [6.07, 6.45) is 2.71. The zero-order chi connectivity index (χ0) is 10.4. The van der Waals surface area contributed by atoms with Crippen LogP contribution in [0.2, 0.25) is 0 Å². The van der Waals surface area contributed by atoms with Gasteiger partial charge in [0.15, 0.2) is 0 Å². The summed E-state index contributed by atoms with van der Waals surface area (Å²) in [5, 5.41) is 3.50. The van der Waals surface area contributed by atoms with Gasteiger partial charge >= 0.3 is 0 Å². The van der Waals surface area contributed by atoms with Crippen LogP contribution in [-0.4, -0.2) is 18.6 Å². The zero-order valence-corrected chi connectivity index (χ0v) is 10.4. The van der Waals surface area contributed by atoms with Crippen LogP contribution in [0.3, 0.4) is 0 Å². The van der Waals surface area contributed by atoms with Crippen LogP contribution in [0, 0.1) is 0 Å². The normalized spacial score (nSPS) is 24.7. The number of para-hydroxylation sites is 1. The van der Waals surface area contributed by atoms with E-state index in [1.807, 2.05) is 0 Å². The van der Waals surface area contributed by atoms with Gasteiger partial charge in [0.2, 0.25) is 0 Å². The molecule has 1 fully saturated rings. The van der Waals surface area contributed by atoms with Gasteiger partial charge in [-0.05, 0) is 47.8 Å². The maximum absolute atomic E-state index is 3.61. The lowest BCUT2D eigenvalue weighted by Gasteiger charge is -2.38. The van der Waals surface area contributed by atoms with Crippen molar-refractivity contribution >= 4 is 27.3 Å². The van der Waals surface area contributed by atoms with Crippen molar-refractivity contribution in [1.29, 1.82) is 0 Å². The molecule has 0 amide bonds. The zero-order valence-electron chi connectivity index (χ0n) is 8.83. The molecular weight excluding hydrogens is 252 g/mol. The SMILES string of the molecule is CC1CNc2c(Br)cccc2N1C1CC1. The Bertz CT molecular complexity index is 387. The Labute approximate surface area is 98.8 Å². The number of halogens is 1. The highest BCUT2D eigenvalue weighted by molar-refractivity contribution is 9.10. The minimum Gasteiger partial charge on any atom is -0.380 e. The molecule has 0 radical (unpaired) electrons. The second-order valence-electron chi connectivity index (χ2n) is 4.50. The lowest BCUT2D eigenvalue weighted by Crippen LogP contribution is -2.43. The molecule has 1 atom stereocenters. The monoisotopic (exact) mass is 266 g/mol. The van der Waals surface area contributed by atoms with Crippen LogP contribution in [-0.2, 0) is 0 Å². The third-order valence-electron chi connectivity index (χ3n) is 3.26. The molecular formula is C12H15BrN2. The number of hydrogen-bond acceptors (Lipinski definition) is 2. The van der Waals surface area contributed by atoms with Crippen molar-refractivity contribution < 1.29 is 0 Å². The van der Waals surface area contributed by atoms with Gasteiger partial charge in [-0.25, -0.2) is 0 Å². The van der Waals surface area contributed by atoms with Crippen LogP contribution in [0.1, 0.15) is 19.8 Å². The number of fused-ring (bicyclic) bond motifs is 1. The Morgan fingerprint density at radius 1 is 1.40 bits per heavy atom. The first-order valence-corrected chi connectivity index (χ1v) is 6.37. The summed E-state index contributed by atoms with van der Waals surface area (Å²) in [6.45, 7) is 3.35. The van der Waals surface area contributed by atoms with Gasteiger partial charge < -0.3 is 10.2 Å². The van der Waals surface area contributed by atoms with Crippen molar-refractivity contribution in [2.24, 2.45) is 0 Å². The van der Waals surface area contributed by atoms with Gasteiger partial charge in [0.1, 0.15) is 0 Å². The second kappa shape index (κ2) is 3.41. The molecule has 3 heteroatoms. The first-order chi connectivity index (χ1) is 7.27. The fourth-order valence-corrected chi connectivity index (χ4v) is 2.89. The molecule has 0 spiro atoms. The molecule has 2 nitrogen and oxygen atoms in total. The molecule has 1 N–H and O–H groups in total. The smallest absolute Gasteiger partial charge is 0.0723 e. The average Bonchev–Trinajstić information content (AvgIpc) is 3.01. The van der Waals surface area contributed by atoms with Gasteiger partial charge in [0.25, 0.3) is 0 Å². The first-order valence-electron chi connectivity index (χ1n) is 5.58. The summed E-state index contributed by atoms with van der Waals surface area (Å²) >= 11 is 3.61. The standard InChI is InChI=1S/C12H15BrN2/c1-8-7-14-12-10(13)3-2-4-11(12)15(8)9-5-6-9/h2-4,8-9,14H,5-7H2,1H3. The largest absolute Gasteiger partial charge is 0.380 e. The fraction of sp³-hybridized carbons (Fsp3) is 0.500. The molecule has 0 aromatic heterocycles. The quantitative estimate of drug-likeness (QED) is 0.840. The van der Waals surface area contributed by atoms with Crippen LogP contribution < -0.4 is 10.2 Å². The van der Waals surface area contributed by atoms with Crippen molar-refractivity contribution in [2.75, 3.05) is 16.8 Å². The molecule has 1 aliphatic heterocycles. The van der Waals surface area contributed by atoms with Crippen molar-refractivity contribution in [3.05, 3.63) is 22.7 Å². The molecule has 1 aliphatic carbocycles. The summed E-state index contributed by atoms with van der Waals surface area (Å²) in [6, 6.07) is 7.85. The Morgan fingerprint density at radius 3 is 2.93 bits per heavy atom. The highest BCUT2D eigenvalue weighted by atomic mass is 79.9. The third-order valence-corrected chi connectivity index (χ3v) is 3.92. The Kier molecular flexibility index (Phi) is 2.16. The molecule has 80 valence electrons. The van der Waals surface area contributed by atoms with Crippen LogP contribution in [0.25, 0.3) is 0 Å². The van der Waals surface area contributed by atoms with Crippen molar-refractivity contribution in [3.63, 3.8) is 0 Å². The van der Waals surface area contributed by atoms with E-state index >= 15 is 0 Å². The van der Waals surface area contributed by atoms with E-state index < -0.39 is 0 Å². The predicted octanol–water partition coefficient (Wildman–Crippen LogP) is 3.23. The number of benzene rings is 1. The lowest BCUT2D eigenvalue weighted by atomic mass is 10.1. The molecule has 1 unspecified atom stereocenters. The average molecular weight is 267 g/mol. The number of nitrogens with zero attached hydrogens (tertiary/aromatic N) is 1. The fourth-order valence-electron chi connectivity index (χ4n) is 2.40. The van der Waals surface area contributed by atoms with Crippen molar-refractivity contribution in [2.45, 2.75) is 31.8 Å². The number of anilines is 2. The molecule has 1 aromatic rings. The molecule has 1 aromatic carbocycles. The minimum absolute atomic E-state index is 0.610. The predicted molar refractivity (Wildman–Crippen MR) is 67.6 cm³/mol. The highest BCUT2D eigenvalue weighted by Gasteiger charge is 2.35. The number of nitrogens with one attached hydrogen (secondary N) is 1. The summed E-state index contributed by atoms with van der Waals surface area (Å²) < 4.78 is 1.18. The van der Waals surface area contributed by atoms with Gasteiger partial charge in [0, 0.05) is 23.1 Å². The van der Waals surface area contributed by atoms with E-state index in [1.54, 1.807) is 0 Å². The summed E-state index contributed by atoms with van der Waals surface area (Å²) in [7, 11) is 0. The van der Waals surface area contributed by atoms with E-state index in [0.717, 1.165) is 12.6 Å². The van der Waals surface area contributed by atoms with E-state index in [9.17, 15) is 0 Å². The summed E-state index contributed by atoms with van der Waals surface area (Å²) in [5.74, 6) is 0. The van der Waals surface area contributed by atoms with Crippen LogP contribution in [0.4, 0.5) is 11.4 Å². The molecule has 1 saturated carbocycles. The van der Waals surface area contributed by atoms with Gasteiger partial charge in [-0.3, -0.25) is 0 Å². The summed E-state index contributed by atoms with van der Waals surface area (Å²) in [4.78, 5) is 2.58. The third kappa shape index (κ3) is 1.53. The van der Waals surface area contributed by atoms with E-state index in [1.165, 1.54) is 28.7 Å². The lowest BCUT2D eigenvalue weighted by molar-refractivity contribution is 0.638. The number of hydrogen-bond donors (Lipinski definition) is 1. The van der Waals surface area contributed by atoms with E-state index in [4.69, 9.17) is 0 Å². The Hall–Kier alpha value is -0.700. The van der Waals surface area contributed by atoms with Crippen LogP contribution in [0.5, 0.6) is 0 Å². The minimum atomic E-state index is 0.610. The second-order valence-corrected chi connectivity index (χ2v) is 5.36. The number of rotatable bonds is 1. The highest BCUT2D eigenvalue weighted by Crippen LogP contribution is 2.42. The molecule has 2 aliphatic rings. The van der Waals surface area contributed by atoms with E-state index in [-0.39, 0.29) is 0 Å². The van der Waals surface area contributed by atoms with Crippen molar-refractivity contribution in [1.82, 2.24) is 0 Å². The van der Waals surface area contributed by atoms with E-state index in [2.05, 4.69) is 51.3 Å². The maximum atomic E-state index is 3.61. The van der Waals surface area contributed by atoms with Crippen molar-refractivity contribution in [3.8, 4) is 0 Å². The first kappa shape index (κ1) is 9.52. The summed E-state index contributed by atoms with van der Waals surface area (Å²) in [5.41, 5.74) is 2.63.